The summed E-state index contributed by atoms with van der Waals surface area (Å²) < 4.78 is 5.63. The van der Waals surface area contributed by atoms with Gasteiger partial charge in [-0.3, -0.25) is 4.79 Å². The summed E-state index contributed by atoms with van der Waals surface area (Å²) in [5.41, 5.74) is 0. The van der Waals surface area contributed by atoms with Crippen molar-refractivity contribution in [2.75, 3.05) is 34.3 Å². The lowest BCUT2D eigenvalue weighted by Crippen LogP contribution is -2.35. The molecule has 0 unspecified atom stereocenters. The van der Waals surface area contributed by atoms with E-state index in [9.17, 15) is 4.79 Å². The lowest BCUT2D eigenvalue weighted by molar-refractivity contribution is -0.870. The molecule has 0 aromatic rings. The van der Waals surface area contributed by atoms with Crippen LogP contribution in [0.2, 0.25) is 0 Å². The van der Waals surface area contributed by atoms with Crippen LogP contribution < -0.4 is 0 Å². The van der Waals surface area contributed by atoms with Crippen LogP contribution in [0.3, 0.4) is 0 Å². The van der Waals surface area contributed by atoms with Gasteiger partial charge in [0.25, 0.3) is 6.47 Å². The molecule has 0 atom stereocenters. The van der Waals surface area contributed by atoms with Crippen molar-refractivity contribution < 1.29 is 14.0 Å². The summed E-state index contributed by atoms with van der Waals surface area (Å²) in [6.45, 7) is 2.31. The van der Waals surface area contributed by atoms with Gasteiger partial charge in [0.15, 0.2) is 0 Å². The lowest BCUT2D eigenvalue weighted by atomic mass is 10.2. The smallest absolute Gasteiger partial charge is 0.293 e. The van der Waals surface area contributed by atoms with Gasteiger partial charge in [-0.2, -0.15) is 0 Å². The van der Waals surface area contributed by atoms with E-state index < -0.39 is 0 Å². The van der Waals surface area contributed by atoms with E-state index in [-0.39, 0.29) is 0 Å². The first-order chi connectivity index (χ1) is 6.06. The number of hydrogen-bond donors (Lipinski definition) is 0. The molecule has 0 heterocycles. The summed E-state index contributed by atoms with van der Waals surface area (Å²) in [6.07, 6.45) is 4.64. The summed E-state index contributed by atoms with van der Waals surface area (Å²) in [5, 5.41) is 0. The standard InChI is InChI=1S/C10H22NO2/c1-11(2,3)8-6-4-5-7-9-13-10-12/h10H,4-9H2,1-3H3/q+1. The Hall–Kier alpha value is -0.570. The van der Waals surface area contributed by atoms with Crippen LogP contribution in [-0.2, 0) is 9.53 Å². The molecule has 0 amide bonds. The fourth-order valence-electron chi connectivity index (χ4n) is 1.17. The second-order valence-corrected chi connectivity index (χ2v) is 4.40. The molecule has 13 heavy (non-hydrogen) atoms. The van der Waals surface area contributed by atoms with Gasteiger partial charge in [0, 0.05) is 0 Å². The van der Waals surface area contributed by atoms with E-state index in [1.165, 1.54) is 19.4 Å². The summed E-state index contributed by atoms with van der Waals surface area (Å²) in [7, 11) is 6.61. The third-order valence-electron chi connectivity index (χ3n) is 1.91. The van der Waals surface area contributed by atoms with Crippen LogP contribution in [0.25, 0.3) is 0 Å². The van der Waals surface area contributed by atoms with Crippen LogP contribution in [-0.4, -0.2) is 45.2 Å². The molecule has 0 aromatic carbocycles. The maximum Gasteiger partial charge on any atom is 0.293 e. The number of unbranched alkanes of at least 4 members (excludes halogenated alkanes) is 3. The van der Waals surface area contributed by atoms with Gasteiger partial charge < -0.3 is 9.22 Å². The Labute approximate surface area is 81.3 Å². The zero-order chi connectivity index (χ0) is 10.2. The van der Waals surface area contributed by atoms with Crippen molar-refractivity contribution >= 4 is 6.47 Å². The normalized spacial score (nSPS) is 11.3. The second-order valence-electron chi connectivity index (χ2n) is 4.40. The van der Waals surface area contributed by atoms with E-state index in [1.807, 2.05) is 0 Å². The van der Waals surface area contributed by atoms with E-state index >= 15 is 0 Å². The molecular formula is C10H22NO2+. The number of ether oxygens (including phenoxy) is 1. The van der Waals surface area contributed by atoms with Crippen molar-refractivity contribution in [2.45, 2.75) is 25.7 Å². The lowest BCUT2D eigenvalue weighted by Gasteiger charge is -2.23. The molecular weight excluding hydrogens is 166 g/mol. The van der Waals surface area contributed by atoms with Crippen LogP contribution in [0.5, 0.6) is 0 Å². The Kier molecular flexibility index (Phi) is 6.59. The zero-order valence-corrected chi connectivity index (χ0v) is 9.08. The van der Waals surface area contributed by atoms with Crippen molar-refractivity contribution in [2.24, 2.45) is 0 Å². The molecule has 0 rings (SSSR count). The largest absolute Gasteiger partial charge is 0.468 e. The van der Waals surface area contributed by atoms with E-state index in [4.69, 9.17) is 0 Å². The van der Waals surface area contributed by atoms with Crippen LogP contribution in [0, 0.1) is 0 Å². The van der Waals surface area contributed by atoms with Crippen LogP contribution in [0.4, 0.5) is 0 Å². The highest BCUT2D eigenvalue weighted by Gasteiger charge is 2.04. The monoisotopic (exact) mass is 188 g/mol. The van der Waals surface area contributed by atoms with Crippen LogP contribution in [0.15, 0.2) is 0 Å². The molecule has 0 radical (unpaired) electrons. The fourth-order valence-corrected chi connectivity index (χ4v) is 1.17. The van der Waals surface area contributed by atoms with E-state index in [1.54, 1.807) is 0 Å². The number of carbonyl (C=O) groups excluding carboxylic acids is 1. The average Bonchev–Trinajstić information content (AvgIpc) is 2.01. The number of carbonyl (C=O) groups is 1. The molecule has 0 saturated carbocycles. The molecule has 3 nitrogen and oxygen atoms in total. The van der Waals surface area contributed by atoms with Gasteiger partial charge in [-0.1, -0.05) is 0 Å². The summed E-state index contributed by atoms with van der Waals surface area (Å²) in [4.78, 5) is 9.80. The third kappa shape index (κ3) is 11.4. The van der Waals surface area contributed by atoms with E-state index in [2.05, 4.69) is 25.9 Å². The van der Waals surface area contributed by atoms with E-state index in [0.29, 0.717) is 13.1 Å². The number of nitrogens with zero attached hydrogens (tertiary/aromatic N) is 1. The van der Waals surface area contributed by atoms with Gasteiger partial charge in [-0.05, 0) is 25.7 Å². The molecule has 3 heteroatoms. The Morgan fingerprint density at radius 1 is 1.08 bits per heavy atom. The first-order valence-corrected chi connectivity index (χ1v) is 4.92. The molecule has 0 N–H and O–H groups in total. The Bertz CT molecular complexity index is 129. The van der Waals surface area contributed by atoms with Gasteiger partial charge in [0.2, 0.25) is 0 Å². The maximum atomic E-state index is 9.80. The van der Waals surface area contributed by atoms with Gasteiger partial charge in [0.1, 0.15) is 0 Å². The molecule has 0 aliphatic carbocycles. The Balaban J connectivity index is 3.04. The highest BCUT2D eigenvalue weighted by molar-refractivity contribution is 5.36. The third-order valence-corrected chi connectivity index (χ3v) is 1.91. The Morgan fingerprint density at radius 3 is 2.23 bits per heavy atom. The van der Waals surface area contributed by atoms with E-state index in [0.717, 1.165) is 17.3 Å². The number of hydrogen-bond acceptors (Lipinski definition) is 2. The molecule has 0 aliphatic heterocycles. The summed E-state index contributed by atoms with van der Waals surface area (Å²) >= 11 is 0. The minimum atomic E-state index is 0.520. The first-order valence-electron chi connectivity index (χ1n) is 4.92. The molecule has 0 spiro atoms. The maximum absolute atomic E-state index is 9.80. The predicted molar refractivity (Wildman–Crippen MR) is 53.4 cm³/mol. The molecule has 0 fully saturated rings. The van der Waals surface area contributed by atoms with Crippen molar-refractivity contribution in [1.82, 2.24) is 0 Å². The highest BCUT2D eigenvalue weighted by Crippen LogP contribution is 2.03. The van der Waals surface area contributed by atoms with Gasteiger partial charge >= 0.3 is 0 Å². The molecule has 0 bridgehead atoms. The molecule has 78 valence electrons. The van der Waals surface area contributed by atoms with Gasteiger partial charge in [0.05, 0.1) is 34.3 Å². The zero-order valence-electron chi connectivity index (χ0n) is 9.08. The van der Waals surface area contributed by atoms with Crippen molar-refractivity contribution in [1.29, 1.82) is 0 Å². The quantitative estimate of drug-likeness (QED) is 0.327. The Morgan fingerprint density at radius 2 is 1.69 bits per heavy atom. The van der Waals surface area contributed by atoms with Crippen molar-refractivity contribution in [3.8, 4) is 0 Å². The first kappa shape index (κ1) is 12.4. The fraction of sp³-hybridized carbons (Fsp3) is 0.900. The number of rotatable bonds is 8. The molecule has 0 aliphatic rings. The van der Waals surface area contributed by atoms with Crippen molar-refractivity contribution in [3.63, 3.8) is 0 Å². The van der Waals surface area contributed by atoms with Gasteiger partial charge in [-0.25, -0.2) is 0 Å². The molecule has 0 saturated heterocycles. The van der Waals surface area contributed by atoms with Crippen LogP contribution in [0.1, 0.15) is 25.7 Å². The minimum absolute atomic E-state index is 0.520. The van der Waals surface area contributed by atoms with Gasteiger partial charge in [-0.15, -0.1) is 0 Å². The molecule has 0 aromatic heterocycles. The average molecular weight is 188 g/mol. The second kappa shape index (κ2) is 6.89. The number of quaternary nitrogens is 1. The minimum Gasteiger partial charge on any atom is -0.468 e. The highest BCUT2D eigenvalue weighted by atomic mass is 16.5. The predicted octanol–water partition coefficient (Wildman–Crippen LogP) is 1.43. The SMILES string of the molecule is C[N+](C)(C)CCCCCCOC=O. The van der Waals surface area contributed by atoms with Crippen molar-refractivity contribution in [3.05, 3.63) is 0 Å². The van der Waals surface area contributed by atoms with Crippen LogP contribution >= 0.6 is 0 Å². The topological polar surface area (TPSA) is 26.3 Å². The summed E-state index contributed by atoms with van der Waals surface area (Å²) in [5.74, 6) is 0. The summed E-state index contributed by atoms with van der Waals surface area (Å²) in [6, 6.07) is 0.